The van der Waals surface area contributed by atoms with E-state index in [-0.39, 0.29) is 39.1 Å². The van der Waals surface area contributed by atoms with Gasteiger partial charge in [-0.25, -0.2) is 0 Å². The zero-order chi connectivity index (χ0) is 15.6. The van der Waals surface area contributed by atoms with Crippen LogP contribution in [0.1, 0.15) is 19.8 Å². The van der Waals surface area contributed by atoms with Crippen LogP contribution in [0.25, 0.3) is 0 Å². The molecule has 1 fully saturated rings. The molecule has 2 rings (SSSR count). The Kier molecular flexibility index (Phi) is 5.54. The number of benzene rings is 1. The molecule has 5 nitrogen and oxygen atoms in total. The molecular weight excluding hydrogens is 341 g/mol. The average Bonchev–Trinajstić information content (AvgIpc) is 2.42. The summed E-state index contributed by atoms with van der Waals surface area (Å²) in [5, 5.41) is 11.2. The van der Waals surface area contributed by atoms with E-state index in [2.05, 4.69) is 0 Å². The van der Waals surface area contributed by atoms with Gasteiger partial charge in [0.1, 0.15) is 12.2 Å². The van der Waals surface area contributed by atoms with Gasteiger partial charge in [0.05, 0.1) is 20.3 Å². The molecule has 1 aromatic rings. The number of ether oxygens (including phenoxy) is 2. The molecule has 1 saturated carbocycles. The van der Waals surface area contributed by atoms with E-state index in [1.165, 1.54) is 12.1 Å². The molecule has 3 unspecified atom stereocenters. The van der Waals surface area contributed by atoms with Crippen molar-refractivity contribution in [3.05, 3.63) is 32.3 Å². The Bertz CT molecular complexity index is 540. The van der Waals surface area contributed by atoms with Gasteiger partial charge in [0, 0.05) is 25.2 Å². The Balaban J connectivity index is 2.15. The third kappa shape index (κ3) is 3.72. The smallest absolute Gasteiger partial charge is 0.312 e. The third-order valence-electron chi connectivity index (χ3n) is 3.17. The van der Waals surface area contributed by atoms with E-state index in [1.54, 1.807) is 0 Å². The Morgan fingerprint density at radius 2 is 2.05 bits per heavy atom. The first kappa shape index (κ1) is 16.6. The first-order valence-corrected chi connectivity index (χ1v) is 7.69. The molecule has 0 spiro atoms. The molecule has 0 amide bonds. The van der Waals surface area contributed by atoms with Crippen molar-refractivity contribution in [3.8, 4) is 5.75 Å². The van der Waals surface area contributed by atoms with Crippen molar-refractivity contribution in [2.24, 2.45) is 0 Å². The van der Waals surface area contributed by atoms with Crippen LogP contribution in [0.3, 0.4) is 0 Å². The summed E-state index contributed by atoms with van der Waals surface area (Å²) < 4.78 is 11.3. The van der Waals surface area contributed by atoms with Gasteiger partial charge in [-0.05, 0) is 6.42 Å². The van der Waals surface area contributed by atoms with Gasteiger partial charge in [0.2, 0.25) is 0 Å². The normalized spacial score (nSPS) is 24.5. The van der Waals surface area contributed by atoms with Gasteiger partial charge in [-0.1, -0.05) is 30.1 Å². The zero-order valence-electron chi connectivity index (χ0n) is 11.2. The number of hydrogen-bond acceptors (Lipinski definition) is 4. The van der Waals surface area contributed by atoms with E-state index in [9.17, 15) is 10.1 Å². The second-order valence-corrected chi connectivity index (χ2v) is 6.11. The molecule has 0 heterocycles. The standard InChI is InChI=1S/C13H14Cl3NO4/c1-2-3-20-13-9(16)6-12(13)21-11-5-8(15)7(14)4-10(11)17(18)19/h4-5,9,12-13H,2-3,6H2,1H3. The van der Waals surface area contributed by atoms with Crippen LogP contribution in [0, 0.1) is 10.1 Å². The minimum Gasteiger partial charge on any atom is -0.481 e. The van der Waals surface area contributed by atoms with Crippen LogP contribution < -0.4 is 4.74 Å². The van der Waals surface area contributed by atoms with Crippen LogP contribution in [-0.2, 0) is 4.74 Å². The maximum atomic E-state index is 11.1. The van der Waals surface area contributed by atoms with Crippen LogP contribution >= 0.6 is 34.8 Å². The highest BCUT2D eigenvalue weighted by molar-refractivity contribution is 6.42. The van der Waals surface area contributed by atoms with Gasteiger partial charge in [-0.2, -0.15) is 0 Å². The van der Waals surface area contributed by atoms with E-state index in [0.717, 1.165) is 6.42 Å². The van der Waals surface area contributed by atoms with E-state index in [0.29, 0.717) is 13.0 Å². The van der Waals surface area contributed by atoms with Gasteiger partial charge < -0.3 is 9.47 Å². The molecule has 0 saturated heterocycles. The van der Waals surface area contributed by atoms with E-state index < -0.39 is 4.92 Å². The minimum absolute atomic E-state index is 0.0769. The Morgan fingerprint density at radius 1 is 1.38 bits per heavy atom. The van der Waals surface area contributed by atoms with Crippen molar-refractivity contribution >= 4 is 40.5 Å². The molecule has 8 heteroatoms. The Morgan fingerprint density at radius 3 is 2.62 bits per heavy atom. The summed E-state index contributed by atoms with van der Waals surface area (Å²) in [6, 6.07) is 2.53. The zero-order valence-corrected chi connectivity index (χ0v) is 13.5. The van der Waals surface area contributed by atoms with Crippen LogP contribution in [0.5, 0.6) is 5.75 Å². The second-order valence-electron chi connectivity index (χ2n) is 4.73. The fourth-order valence-corrected chi connectivity index (χ4v) is 2.75. The molecule has 0 N–H and O–H groups in total. The Labute approximate surface area is 137 Å². The maximum absolute atomic E-state index is 11.1. The molecule has 21 heavy (non-hydrogen) atoms. The number of nitro benzene ring substituents is 1. The molecule has 116 valence electrons. The lowest BCUT2D eigenvalue weighted by atomic mass is 9.91. The Hall–Kier alpha value is -0.750. The molecule has 0 aromatic heterocycles. The highest BCUT2D eigenvalue weighted by atomic mass is 35.5. The second kappa shape index (κ2) is 7.01. The molecule has 3 atom stereocenters. The highest BCUT2D eigenvalue weighted by Gasteiger charge is 2.43. The maximum Gasteiger partial charge on any atom is 0.312 e. The summed E-state index contributed by atoms with van der Waals surface area (Å²) in [7, 11) is 0. The van der Waals surface area contributed by atoms with E-state index >= 15 is 0 Å². The summed E-state index contributed by atoms with van der Waals surface area (Å²) in [4.78, 5) is 10.5. The van der Waals surface area contributed by atoms with Gasteiger partial charge >= 0.3 is 5.69 Å². The van der Waals surface area contributed by atoms with Crippen LogP contribution in [0.4, 0.5) is 5.69 Å². The summed E-state index contributed by atoms with van der Waals surface area (Å²) in [5.41, 5.74) is -0.225. The highest BCUT2D eigenvalue weighted by Crippen LogP contribution is 2.40. The number of hydrogen-bond donors (Lipinski definition) is 0. The molecule has 0 bridgehead atoms. The fourth-order valence-electron chi connectivity index (χ4n) is 2.03. The SMILES string of the molecule is CCCOC1C(Cl)CC1Oc1cc(Cl)c(Cl)cc1[N+](=O)[O-]. The fraction of sp³-hybridized carbons (Fsp3) is 0.538. The number of nitro groups is 1. The summed E-state index contributed by atoms with van der Waals surface area (Å²) in [6.07, 6.45) is 0.822. The van der Waals surface area contributed by atoms with Crippen molar-refractivity contribution in [2.75, 3.05) is 6.61 Å². The summed E-state index contributed by atoms with van der Waals surface area (Å²) >= 11 is 17.8. The lowest BCUT2D eigenvalue weighted by molar-refractivity contribution is -0.386. The molecule has 1 aliphatic carbocycles. The predicted molar refractivity (Wildman–Crippen MR) is 81.8 cm³/mol. The van der Waals surface area contributed by atoms with Gasteiger partial charge in [0.15, 0.2) is 5.75 Å². The van der Waals surface area contributed by atoms with Gasteiger partial charge in [0.25, 0.3) is 0 Å². The average molecular weight is 355 g/mol. The first-order valence-electron chi connectivity index (χ1n) is 6.49. The van der Waals surface area contributed by atoms with Crippen molar-refractivity contribution < 1.29 is 14.4 Å². The first-order chi connectivity index (χ1) is 9.93. The lowest BCUT2D eigenvalue weighted by Gasteiger charge is -2.40. The van der Waals surface area contributed by atoms with Crippen LogP contribution in [-0.4, -0.2) is 29.1 Å². The summed E-state index contributed by atoms with van der Waals surface area (Å²) in [5.74, 6) is 0.0769. The third-order valence-corrected chi connectivity index (χ3v) is 4.32. The predicted octanol–water partition coefficient (Wildman–Crippen LogP) is 4.46. The van der Waals surface area contributed by atoms with Crippen LogP contribution in [0.15, 0.2) is 12.1 Å². The monoisotopic (exact) mass is 353 g/mol. The van der Waals surface area contributed by atoms with Crippen molar-refractivity contribution in [3.63, 3.8) is 0 Å². The molecule has 1 aliphatic rings. The van der Waals surface area contributed by atoms with E-state index in [1.807, 2.05) is 6.92 Å². The molecular formula is C13H14Cl3NO4. The van der Waals surface area contributed by atoms with Gasteiger partial charge in [-0.15, -0.1) is 11.6 Å². The molecule has 0 radical (unpaired) electrons. The van der Waals surface area contributed by atoms with Crippen LogP contribution in [0.2, 0.25) is 10.0 Å². The molecule has 1 aromatic carbocycles. The number of alkyl halides is 1. The number of rotatable bonds is 6. The summed E-state index contributed by atoms with van der Waals surface area (Å²) in [6.45, 7) is 2.55. The quantitative estimate of drug-likeness (QED) is 0.430. The largest absolute Gasteiger partial charge is 0.481 e. The number of nitrogens with zero attached hydrogens (tertiary/aromatic N) is 1. The topological polar surface area (TPSA) is 61.6 Å². The van der Waals surface area contributed by atoms with E-state index in [4.69, 9.17) is 44.3 Å². The van der Waals surface area contributed by atoms with Crippen molar-refractivity contribution in [1.82, 2.24) is 0 Å². The van der Waals surface area contributed by atoms with Crippen molar-refractivity contribution in [2.45, 2.75) is 37.4 Å². The van der Waals surface area contributed by atoms with Crippen molar-refractivity contribution in [1.29, 1.82) is 0 Å². The van der Waals surface area contributed by atoms with Gasteiger partial charge in [-0.3, -0.25) is 10.1 Å². The number of halogens is 3. The molecule has 0 aliphatic heterocycles. The minimum atomic E-state index is -0.559. The lowest BCUT2D eigenvalue weighted by Crippen LogP contribution is -2.52.